The van der Waals surface area contributed by atoms with Gasteiger partial charge in [0.05, 0.1) is 30.5 Å². The zero-order chi connectivity index (χ0) is 13.4. The molecule has 1 aliphatic heterocycles. The lowest BCUT2D eigenvalue weighted by Crippen LogP contribution is -2.04. The van der Waals surface area contributed by atoms with E-state index in [0.717, 1.165) is 33.7 Å². The first-order valence-electron chi connectivity index (χ1n) is 6.39. The van der Waals surface area contributed by atoms with Gasteiger partial charge in [0.15, 0.2) is 0 Å². The van der Waals surface area contributed by atoms with Crippen LogP contribution >= 0.6 is 0 Å². The van der Waals surface area contributed by atoms with E-state index >= 15 is 0 Å². The van der Waals surface area contributed by atoms with Crippen LogP contribution in [0.1, 0.15) is 16.8 Å². The van der Waals surface area contributed by atoms with Crippen molar-refractivity contribution in [3.63, 3.8) is 0 Å². The van der Waals surface area contributed by atoms with Crippen LogP contribution in [0.3, 0.4) is 0 Å². The van der Waals surface area contributed by atoms with Crippen molar-refractivity contribution >= 4 is 5.71 Å². The summed E-state index contributed by atoms with van der Waals surface area (Å²) in [7, 11) is 0. The summed E-state index contributed by atoms with van der Waals surface area (Å²) in [5, 5.41) is 0. The van der Waals surface area contributed by atoms with Gasteiger partial charge in [0.25, 0.3) is 0 Å². The average Bonchev–Trinajstić information content (AvgIpc) is 3.17. The molecule has 0 saturated heterocycles. The van der Waals surface area contributed by atoms with Crippen molar-refractivity contribution in [1.82, 2.24) is 9.97 Å². The highest BCUT2D eigenvalue weighted by Gasteiger charge is 2.22. The lowest BCUT2D eigenvalue weighted by molar-refractivity contribution is 0.568. The Morgan fingerprint density at radius 1 is 0.950 bits per heavy atom. The van der Waals surface area contributed by atoms with E-state index in [1.54, 1.807) is 24.9 Å². The first-order valence-corrected chi connectivity index (χ1v) is 6.39. The Hall–Kier alpha value is -2.75. The summed E-state index contributed by atoms with van der Waals surface area (Å²) < 4.78 is 5.20. The summed E-state index contributed by atoms with van der Waals surface area (Å²) in [5.74, 6) is 0. The maximum atomic E-state index is 5.20. The summed E-state index contributed by atoms with van der Waals surface area (Å²) in [4.78, 5) is 13.1. The molecule has 0 fully saturated rings. The maximum absolute atomic E-state index is 5.20. The van der Waals surface area contributed by atoms with Gasteiger partial charge in [-0.2, -0.15) is 0 Å². The lowest BCUT2D eigenvalue weighted by Gasteiger charge is -2.08. The van der Waals surface area contributed by atoms with Crippen molar-refractivity contribution in [2.75, 3.05) is 0 Å². The third-order valence-electron chi connectivity index (χ3n) is 3.44. The van der Waals surface area contributed by atoms with Crippen LogP contribution in [-0.4, -0.2) is 15.7 Å². The van der Waals surface area contributed by atoms with E-state index in [4.69, 9.17) is 4.42 Å². The van der Waals surface area contributed by atoms with Crippen LogP contribution in [0.5, 0.6) is 0 Å². The van der Waals surface area contributed by atoms with Gasteiger partial charge < -0.3 is 4.42 Å². The van der Waals surface area contributed by atoms with Gasteiger partial charge in [0.2, 0.25) is 0 Å². The SMILES string of the molecule is c1cc(C2=NCc3nccc(-c4ccoc4)c32)ccn1. The molecule has 0 radical (unpaired) electrons. The number of aromatic nitrogens is 2. The van der Waals surface area contributed by atoms with E-state index in [1.165, 1.54) is 0 Å². The molecule has 4 heterocycles. The molecule has 4 nitrogen and oxygen atoms in total. The second-order valence-electron chi connectivity index (χ2n) is 4.59. The van der Waals surface area contributed by atoms with Crippen molar-refractivity contribution < 1.29 is 4.42 Å². The van der Waals surface area contributed by atoms with Crippen molar-refractivity contribution in [1.29, 1.82) is 0 Å². The van der Waals surface area contributed by atoms with Gasteiger partial charge in [-0.05, 0) is 29.8 Å². The Morgan fingerprint density at radius 2 is 1.85 bits per heavy atom. The van der Waals surface area contributed by atoms with Gasteiger partial charge in [-0.1, -0.05) is 0 Å². The largest absolute Gasteiger partial charge is 0.472 e. The molecule has 0 aromatic carbocycles. The minimum Gasteiger partial charge on any atom is -0.472 e. The van der Waals surface area contributed by atoms with Gasteiger partial charge in [-0.3, -0.25) is 15.0 Å². The number of hydrogen-bond donors (Lipinski definition) is 0. The van der Waals surface area contributed by atoms with Crippen molar-refractivity contribution in [2.45, 2.75) is 6.54 Å². The van der Waals surface area contributed by atoms with E-state index in [-0.39, 0.29) is 0 Å². The molecule has 0 saturated carbocycles. The molecule has 3 aromatic rings. The van der Waals surface area contributed by atoms with Gasteiger partial charge in [-0.25, -0.2) is 0 Å². The molecule has 0 bridgehead atoms. The summed E-state index contributed by atoms with van der Waals surface area (Å²) in [6, 6.07) is 7.91. The third-order valence-corrected chi connectivity index (χ3v) is 3.44. The maximum Gasteiger partial charge on any atom is 0.0981 e. The van der Waals surface area contributed by atoms with E-state index in [1.807, 2.05) is 30.5 Å². The quantitative estimate of drug-likeness (QED) is 0.712. The van der Waals surface area contributed by atoms with Gasteiger partial charge in [-0.15, -0.1) is 0 Å². The number of fused-ring (bicyclic) bond motifs is 1. The molecule has 20 heavy (non-hydrogen) atoms. The highest BCUT2D eigenvalue weighted by molar-refractivity contribution is 6.18. The van der Waals surface area contributed by atoms with Crippen LogP contribution in [0.2, 0.25) is 0 Å². The molecule has 4 heteroatoms. The van der Waals surface area contributed by atoms with Crippen molar-refractivity contribution in [3.8, 4) is 11.1 Å². The highest BCUT2D eigenvalue weighted by Crippen LogP contribution is 2.31. The smallest absolute Gasteiger partial charge is 0.0981 e. The molecule has 0 amide bonds. The van der Waals surface area contributed by atoms with Crippen LogP contribution in [0.25, 0.3) is 11.1 Å². The fourth-order valence-electron chi connectivity index (χ4n) is 2.53. The summed E-state index contributed by atoms with van der Waals surface area (Å²) in [6.07, 6.45) is 8.82. The normalized spacial score (nSPS) is 13.1. The molecular weight excluding hydrogens is 250 g/mol. The zero-order valence-electron chi connectivity index (χ0n) is 10.7. The molecule has 0 N–H and O–H groups in total. The predicted octanol–water partition coefficient (Wildman–Crippen LogP) is 3.09. The molecule has 1 aliphatic rings. The van der Waals surface area contributed by atoms with Crippen LogP contribution in [0, 0.1) is 0 Å². The minimum atomic E-state index is 0.624. The third kappa shape index (κ3) is 1.66. The molecule has 96 valence electrons. The first kappa shape index (κ1) is 11.1. The number of pyridine rings is 2. The number of aliphatic imine (C=N–C) groups is 1. The standard InChI is InChI=1S/C16H11N3O/c1-5-17-6-2-11(1)16-15-13(12-4-8-20-10-12)3-7-18-14(15)9-19-16/h1-8,10H,9H2. The van der Waals surface area contributed by atoms with Crippen molar-refractivity contribution in [3.05, 3.63) is 72.2 Å². The Balaban J connectivity index is 1.92. The zero-order valence-corrected chi connectivity index (χ0v) is 10.7. The van der Waals surface area contributed by atoms with E-state index in [2.05, 4.69) is 15.0 Å². The molecular formula is C16H11N3O. The topological polar surface area (TPSA) is 51.3 Å². The van der Waals surface area contributed by atoms with Gasteiger partial charge in [0, 0.05) is 35.3 Å². The number of furan rings is 1. The Kier molecular flexibility index (Phi) is 2.45. The first-order chi connectivity index (χ1) is 9.93. The van der Waals surface area contributed by atoms with E-state index < -0.39 is 0 Å². The van der Waals surface area contributed by atoms with E-state index in [9.17, 15) is 0 Å². The lowest BCUT2D eigenvalue weighted by atomic mass is 9.96. The number of hydrogen-bond acceptors (Lipinski definition) is 4. The second-order valence-corrected chi connectivity index (χ2v) is 4.59. The molecule has 0 unspecified atom stereocenters. The summed E-state index contributed by atoms with van der Waals surface area (Å²) in [6.45, 7) is 0.624. The number of nitrogens with zero attached hydrogens (tertiary/aromatic N) is 3. The monoisotopic (exact) mass is 261 g/mol. The van der Waals surface area contributed by atoms with Crippen LogP contribution in [0.4, 0.5) is 0 Å². The molecule has 4 rings (SSSR count). The fourth-order valence-corrected chi connectivity index (χ4v) is 2.53. The van der Waals surface area contributed by atoms with Crippen molar-refractivity contribution in [2.24, 2.45) is 4.99 Å². The Morgan fingerprint density at radius 3 is 2.65 bits per heavy atom. The highest BCUT2D eigenvalue weighted by atomic mass is 16.3. The van der Waals surface area contributed by atoms with E-state index in [0.29, 0.717) is 6.54 Å². The molecule has 0 spiro atoms. The van der Waals surface area contributed by atoms with Gasteiger partial charge in [0.1, 0.15) is 0 Å². The molecule has 0 aliphatic carbocycles. The van der Waals surface area contributed by atoms with Crippen LogP contribution < -0.4 is 0 Å². The number of rotatable bonds is 2. The van der Waals surface area contributed by atoms with Crippen LogP contribution in [-0.2, 0) is 6.54 Å². The fraction of sp³-hybridized carbons (Fsp3) is 0.0625. The summed E-state index contributed by atoms with van der Waals surface area (Å²) >= 11 is 0. The summed E-state index contributed by atoms with van der Waals surface area (Å²) in [5.41, 5.74) is 6.31. The molecule has 3 aromatic heterocycles. The van der Waals surface area contributed by atoms with Crippen LogP contribution in [0.15, 0.2) is 64.8 Å². The Labute approximate surface area is 115 Å². The molecule has 0 atom stereocenters. The average molecular weight is 261 g/mol. The second kappa shape index (κ2) is 4.42. The predicted molar refractivity (Wildman–Crippen MR) is 75.5 cm³/mol. The van der Waals surface area contributed by atoms with Gasteiger partial charge >= 0.3 is 0 Å². The Bertz CT molecular complexity index is 777. The minimum absolute atomic E-state index is 0.624.